The number of nitrogens with zero attached hydrogens (tertiary/aromatic N) is 1. The molecule has 2 rings (SSSR count). The Bertz CT molecular complexity index is 421. The van der Waals surface area contributed by atoms with Crippen molar-refractivity contribution >= 4 is 22.9 Å². The molecule has 1 fully saturated rings. The minimum atomic E-state index is -0.614. The van der Waals surface area contributed by atoms with Gasteiger partial charge in [0, 0.05) is 18.7 Å². The summed E-state index contributed by atoms with van der Waals surface area (Å²) in [5.41, 5.74) is 5.56. The standard InChI is InChI=1S/C11H12F2N2S/c1-15(7-2-3-7)10-8(12)4-6(11(14)16)5-9(10)13/h4-5,7H,2-3H2,1H3,(H2,14,16). The predicted octanol–water partition coefficient (Wildman–Crippen LogP) is 2.20. The summed E-state index contributed by atoms with van der Waals surface area (Å²) in [6, 6.07) is 2.61. The van der Waals surface area contributed by atoms with Crippen molar-refractivity contribution in [2.75, 3.05) is 11.9 Å². The van der Waals surface area contributed by atoms with E-state index in [9.17, 15) is 8.78 Å². The van der Waals surface area contributed by atoms with E-state index in [1.807, 2.05) is 0 Å². The van der Waals surface area contributed by atoms with Crippen molar-refractivity contribution < 1.29 is 8.78 Å². The first kappa shape index (κ1) is 11.3. The lowest BCUT2D eigenvalue weighted by atomic mass is 10.1. The monoisotopic (exact) mass is 242 g/mol. The van der Waals surface area contributed by atoms with Crippen molar-refractivity contribution in [2.24, 2.45) is 5.73 Å². The van der Waals surface area contributed by atoms with Crippen LogP contribution >= 0.6 is 12.2 Å². The average Bonchev–Trinajstić information content (AvgIpc) is 2.98. The van der Waals surface area contributed by atoms with Crippen molar-refractivity contribution in [1.82, 2.24) is 0 Å². The molecule has 0 bridgehead atoms. The van der Waals surface area contributed by atoms with Crippen LogP contribution in [0.15, 0.2) is 12.1 Å². The number of benzene rings is 1. The summed E-state index contributed by atoms with van der Waals surface area (Å²) < 4.78 is 27.4. The molecule has 2 N–H and O–H groups in total. The molecule has 0 saturated heterocycles. The zero-order chi connectivity index (χ0) is 11.9. The first-order valence-corrected chi connectivity index (χ1v) is 5.43. The maximum absolute atomic E-state index is 13.7. The highest BCUT2D eigenvalue weighted by Gasteiger charge is 2.30. The molecule has 0 aromatic heterocycles. The van der Waals surface area contributed by atoms with Crippen LogP contribution in [0.5, 0.6) is 0 Å². The quantitative estimate of drug-likeness (QED) is 0.824. The van der Waals surface area contributed by atoms with Gasteiger partial charge in [0.2, 0.25) is 0 Å². The van der Waals surface area contributed by atoms with Crippen LogP contribution in [0.25, 0.3) is 0 Å². The Hall–Kier alpha value is -1.23. The lowest BCUT2D eigenvalue weighted by molar-refractivity contribution is 0.576. The number of hydrogen-bond donors (Lipinski definition) is 1. The minimum Gasteiger partial charge on any atom is -0.389 e. The molecule has 0 spiro atoms. The molecule has 2 nitrogen and oxygen atoms in total. The van der Waals surface area contributed by atoms with Crippen molar-refractivity contribution in [3.05, 3.63) is 29.3 Å². The average molecular weight is 242 g/mol. The molecule has 5 heteroatoms. The normalized spacial score (nSPS) is 14.9. The maximum atomic E-state index is 13.7. The lowest BCUT2D eigenvalue weighted by Crippen LogP contribution is -2.23. The number of nitrogens with two attached hydrogens (primary N) is 1. The van der Waals surface area contributed by atoms with Crippen LogP contribution in [0, 0.1) is 11.6 Å². The molecule has 1 aliphatic carbocycles. The van der Waals surface area contributed by atoms with Crippen molar-refractivity contribution in [3.63, 3.8) is 0 Å². The van der Waals surface area contributed by atoms with E-state index >= 15 is 0 Å². The molecule has 0 aliphatic heterocycles. The Morgan fingerprint density at radius 3 is 2.25 bits per heavy atom. The van der Waals surface area contributed by atoms with E-state index in [0.29, 0.717) is 0 Å². The van der Waals surface area contributed by atoms with Crippen molar-refractivity contribution in [1.29, 1.82) is 0 Å². The minimum absolute atomic E-state index is 0.00146. The van der Waals surface area contributed by atoms with Crippen molar-refractivity contribution in [3.8, 4) is 0 Å². The third-order valence-corrected chi connectivity index (χ3v) is 2.98. The van der Waals surface area contributed by atoms with Crippen LogP contribution in [-0.4, -0.2) is 18.1 Å². The van der Waals surface area contributed by atoms with E-state index in [-0.39, 0.29) is 22.3 Å². The number of halogens is 2. The zero-order valence-corrected chi connectivity index (χ0v) is 9.65. The molecule has 1 aromatic rings. The van der Waals surface area contributed by atoms with Gasteiger partial charge < -0.3 is 10.6 Å². The summed E-state index contributed by atoms with van der Waals surface area (Å²) in [5.74, 6) is -1.23. The fourth-order valence-corrected chi connectivity index (χ4v) is 1.81. The highest BCUT2D eigenvalue weighted by atomic mass is 32.1. The van der Waals surface area contributed by atoms with Gasteiger partial charge in [0.05, 0.1) is 0 Å². The number of hydrogen-bond acceptors (Lipinski definition) is 2. The van der Waals surface area contributed by atoms with Gasteiger partial charge in [0.1, 0.15) is 22.3 Å². The molecular weight excluding hydrogens is 230 g/mol. The number of anilines is 1. The summed E-state index contributed by atoms with van der Waals surface area (Å²) in [6.07, 6.45) is 1.96. The van der Waals surface area contributed by atoms with E-state index in [1.165, 1.54) is 12.1 Å². The van der Waals surface area contributed by atoms with E-state index < -0.39 is 11.6 Å². The molecule has 0 unspecified atom stereocenters. The zero-order valence-electron chi connectivity index (χ0n) is 8.84. The Labute approximate surface area is 98.0 Å². The molecule has 1 aliphatic rings. The van der Waals surface area contributed by atoms with Gasteiger partial charge in [-0.15, -0.1) is 0 Å². The molecule has 0 heterocycles. The van der Waals surface area contributed by atoms with Gasteiger partial charge in [-0.1, -0.05) is 12.2 Å². The largest absolute Gasteiger partial charge is 0.389 e. The van der Waals surface area contributed by atoms with Gasteiger partial charge in [0.15, 0.2) is 0 Å². The van der Waals surface area contributed by atoms with E-state index in [2.05, 4.69) is 12.2 Å². The fourth-order valence-electron chi connectivity index (χ4n) is 1.69. The van der Waals surface area contributed by atoms with Gasteiger partial charge in [-0.2, -0.15) is 0 Å². The third kappa shape index (κ3) is 2.00. The molecule has 0 amide bonds. The van der Waals surface area contributed by atoms with E-state index in [4.69, 9.17) is 5.73 Å². The SMILES string of the molecule is CN(c1c(F)cc(C(N)=S)cc1F)C1CC1. The smallest absolute Gasteiger partial charge is 0.150 e. The van der Waals surface area contributed by atoms with Gasteiger partial charge in [-0.05, 0) is 25.0 Å². The van der Waals surface area contributed by atoms with Gasteiger partial charge in [-0.25, -0.2) is 8.78 Å². The molecule has 0 radical (unpaired) electrons. The van der Waals surface area contributed by atoms with Crippen LogP contribution in [0.3, 0.4) is 0 Å². The predicted molar refractivity (Wildman–Crippen MR) is 63.7 cm³/mol. The molecular formula is C11H12F2N2S. The second-order valence-corrected chi connectivity index (χ2v) is 4.43. The first-order valence-electron chi connectivity index (χ1n) is 5.02. The van der Waals surface area contributed by atoms with Crippen LogP contribution in [-0.2, 0) is 0 Å². The molecule has 1 aromatic carbocycles. The lowest BCUT2D eigenvalue weighted by Gasteiger charge is -2.20. The molecule has 1 saturated carbocycles. The highest BCUT2D eigenvalue weighted by molar-refractivity contribution is 7.80. The second-order valence-electron chi connectivity index (χ2n) is 3.99. The van der Waals surface area contributed by atoms with E-state index in [1.54, 1.807) is 11.9 Å². The summed E-state index contributed by atoms with van der Waals surface area (Å²) in [7, 11) is 1.69. The van der Waals surface area contributed by atoms with Crippen LogP contribution in [0.1, 0.15) is 18.4 Å². The Morgan fingerprint density at radius 2 is 1.88 bits per heavy atom. The maximum Gasteiger partial charge on any atom is 0.150 e. The molecule has 86 valence electrons. The topological polar surface area (TPSA) is 29.3 Å². The summed E-state index contributed by atoms with van der Waals surface area (Å²) in [6.45, 7) is 0. The number of rotatable bonds is 3. The molecule has 16 heavy (non-hydrogen) atoms. The van der Waals surface area contributed by atoms with Gasteiger partial charge in [-0.3, -0.25) is 0 Å². The summed E-state index contributed by atoms with van der Waals surface area (Å²) in [4.78, 5) is 1.63. The number of thiocarbonyl (C=S) groups is 1. The van der Waals surface area contributed by atoms with Gasteiger partial charge >= 0.3 is 0 Å². The van der Waals surface area contributed by atoms with Crippen molar-refractivity contribution in [2.45, 2.75) is 18.9 Å². The highest BCUT2D eigenvalue weighted by Crippen LogP contribution is 2.33. The third-order valence-electron chi connectivity index (χ3n) is 2.75. The van der Waals surface area contributed by atoms with E-state index in [0.717, 1.165) is 12.8 Å². The first-order chi connectivity index (χ1) is 7.50. The summed E-state index contributed by atoms with van der Waals surface area (Å²) >= 11 is 4.69. The Kier molecular flexibility index (Phi) is 2.80. The Balaban J connectivity index is 2.42. The second kappa shape index (κ2) is 3.97. The Morgan fingerprint density at radius 1 is 1.38 bits per heavy atom. The molecule has 0 atom stereocenters. The van der Waals surface area contributed by atoms with Crippen LogP contribution < -0.4 is 10.6 Å². The summed E-state index contributed by atoms with van der Waals surface area (Å²) in [5, 5.41) is 0. The van der Waals surface area contributed by atoms with Crippen LogP contribution in [0.2, 0.25) is 0 Å². The van der Waals surface area contributed by atoms with Gasteiger partial charge in [0.25, 0.3) is 0 Å². The van der Waals surface area contributed by atoms with Crippen LogP contribution in [0.4, 0.5) is 14.5 Å². The fraction of sp³-hybridized carbons (Fsp3) is 0.364.